The Morgan fingerprint density at radius 3 is 2.85 bits per heavy atom. The number of methoxy groups -OCH3 is 1. The van der Waals surface area contributed by atoms with Gasteiger partial charge < -0.3 is 10.1 Å². The second kappa shape index (κ2) is 11.2. The van der Waals surface area contributed by atoms with E-state index < -0.39 is 0 Å². The lowest BCUT2D eigenvalue weighted by Crippen LogP contribution is -2.19. The van der Waals surface area contributed by atoms with Gasteiger partial charge in [-0.15, -0.1) is 5.92 Å². The second-order valence-electron chi connectivity index (χ2n) is 2.63. The van der Waals surface area contributed by atoms with E-state index in [1.165, 1.54) is 0 Å². The molecular weight excluding hydrogens is 162 g/mol. The Hall–Kier alpha value is -0.780. The Morgan fingerprint density at radius 1 is 1.31 bits per heavy atom. The predicted molar refractivity (Wildman–Crippen MR) is 56.6 cm³/mol. The van der Waals surface area contributed by atoms with Crippen molar-refractivity contribution >= 4 is 0 Å². The number of nitrogens with one attached hydrogen (secondary N) is 1. The average molecular weight is 181 g/mol. The molecule has 74 valence electrons. The minimum atomic E-state index is 0.783. The molecule has 0 aromatic heterocycles. The second-order valence-corrected chi connectivity index (χ2v) is 2.63. The summed E-state index contributed by atoms with van der Waals surface area (Å²) in [7, 11) is 1.71. The normalized spacial score (nSPS) is 10.0. The van der Waals surface area contributed by atoms with Crippen LogP contribution in [0.15, 0.2) is 12.2 Å². The molecule has 2 nitrogen and oxygen atoms in total. The lowest BCUT2D eigenvalue weighted by molar-refractivity contribution is 0.199. The quantitative estimate of drug-likeness (QED) is 0.366. The van der Waals surface area contributed by atoms with Gasteiger partial charge in [-0.05, 0) is 19.9 Å². The van der Waals surface area contributed by atoms with Crippen LogP contribution in [0.5, 0.6) is 0 Å². The maximum atomic E-state index is 4.90. The van der Waals surface area contributed by atoms with Crippen LogP contribution in [0.25, 0.3) is 0 Å². The van der Waals surface area contributed by atoms with Gasteiger partial charge in [0.2, 0.25) is 0 Å². The monoisotopic (exact) mass is 181 g/mol. The average Bonchev–Trinajstić information content (AvgIpc) is 2.16. The van der Waals surface area contributed by atoms with Crippen LogP contribution in [0.2, 0.25) is 0 Å². The first-order valence-electron chi connectivity index (χ1n) is 4.66. The van der Waals surface area contributed by atoms with Crippen molar-refractivity contribution in [1.82, 2.24) is 5.32 Å². The fraction of sp³-hybridized carbons (Fsp3) is 0.636. The molecule has 0 saturated heterocycles. The highest BCUT2D eigenvalue weighted by atomic mass is 16.5. The smallest absolute Gasteiger partial charge is 0.0587 e. The molecule has 0 aromatic carbocycles. The number of hydrogen-bond donors (Lipinski definition) is 1. The van der Waals surface area contributed by atoms with Crippen LogP contribution in [0.4, 0.5) is 0 Å². The van der Waals surface area contributed by atoms with Crippen LogP contribution in [-0.4, -0.2) is 26.8 Å². The summed E-state index contributed by atoms with van der Waals surface area (Å²) in [5, 5.41) is 3.26. The van der Waals surface area contributed by atoms with Gasteiger partial charge >= 0.3 is 0 Å². The van der Waals surface area contributed by atoms with Gasteiger partial charge in [0.05, 0.1) is 6.61 Å². The zero-order chi connectivity index (χ0) is 9.78. The Labute approximate surface area is 81.4 Å². The van der Waals surface area contributed by atoms with Gasteiger partial charge in [-0.2, -0.15) is 0 Å². The van der Waals surface area contributed by atoms with Crippen molar-refractivity contribution in [3.8, 4) is 11.8 Å². The molecule has 0 rings (SSSR count). The molecule has 0 radical (unpaired) electrons. The summed E-state index contributed by atoms with van der Waals surface area (Å²) >= 11 is 0. The number of ether oxygens (including phenoxy) is 1. The highest BCUT2D eigenvalue weighted by Crippen LogP contribution is 1.84. The third-order valence-corrected chi connectivity index (χ3v) is 1.53. The lowest BCUT2D eigenvalue weighted by atomic mass is 10.3. The molecule has 13 heavy (non-hydrogen) atoms. The van der Waals surface area contributed by atoms with Crippen molar-refractivity contribution in [2.24, 2.45) is 0 Å². The molecule has 0 fully saturated rings. The van der Waals surface area contributed by atoms with Crippen molar-refractivity contribution < 1.29 is 4.74 Å². The first-order valence-corrected chi connectivity index (χ1v) is 4.66. The summed E-state index contributed by atoms with van der Waals surface area (Å²) in [6.45, 7) is 4.59. The predicted octanol–water partition coefficient (Wildman–Crippen LogP) is 1.58. The summed E-state index contributed by atoms with van der Waals surface area (Å²) in [6, 6.07) is 0. The van der Waals surface area contributed by atoms with E-state index in [1.54, 1.807) is 7.11 Å². The van der Waals surface area contributed by atoms with Gasteiger partial charge in [-0.25, -0.2) is 0 Å². The molecule has 0 aliphatic heterocycles. The van der Waals surface area contributed by atoms with Gasteiger partial charge in [0.1, 0.15) is 0 Å². The lowest BCUT2D eigenvalue weighted by Gasteiger charge is -1.99. The number of hydrogen-bond acceptors (Lipinski definition) is 2. The molecule has 0 amide bonds. The van der Waals surface area contributed by atoms with Gasteiger partial charge in [-0.1, -0.05) is 18.1 Å². The third-order valence-electron chi connectivity index (χ3n) is 1.53. The fourth-order valence-corrected chi connectivity index (χ4v) is 0.847. The molecule has 0 aliphatic rings. The summed E-state index contributed by atoms with van der Waals surface area (Å²) < 4.78 is 4.90. The van der Waals surface area contributed by atoms with E-state index in [9.17, 15) is 0 Å². The first kappa shape index (κ1) is 12.2. The van der Waals surface area contributed by atoms with Crippen LogP contribution >= 0.6 is 0 Å². The highest BCUT2D eigenvalue weighted by Gasteiger charge is 1.83. The topological polar surface area (TPSA) is 21.3 Å². The Balaban J connectivity index is 3.05. The SMILES string of the molecule is CC#CCC=CCCNCCOC. The van der Waals surface area contributed by atoms with E-state index in [4.69, 9.17) is 4.74 Å². The van der Waals surface area contributed by atoms with E-state index in [1.807, 2.05) is 6.92 Å². The molecule has 0 bridgehead atoms. The maximum absolute atomic E-state index is 4.90. The molecule has 0 spiro atoms. The highest BCUT2D eigenvalue weighted by molar-refractivity contribution is 5.02. The molecule has 0 saturated carbocycles. The zero-order valence-electron chi connectivity index (χ0n) is 8.60. The van der Waals surface area contributed by atoms with Crippen molar-refractivity contribution in [2.45, 2.75) is 19.8 Å². The van der Waals surface area contributed by atoms with Crippen LogP contribution in [0, 0.1) is 11.8 Å². The third kappa shape index (κ3) is 11.2. The number of rotatable bonds is 7. The van der Waals surface area contributed by atoms with Gasteiger partial charge in [0, 0.05) is 20.1 Å². The van der Waals surface area contributed by atoms with Crippen molar-refractivity contribution in [3.63, 3.8) is 0 Å². The van der Waals surface area contributed by atoms with Gasteiger partial charge in [0.15, 0.2) is 0 Å². The molecule has 0 aromatic rings. The molecule has 0 heterocycles. The Morgan fingerprint density at radius 2 is 2.15 bits per heavy atom. The molecular formula is C11H19NO. The molecule has 2 heteroatoms. The van der Waals surface area contributed by atoms with E-state index in [-0.39, 0.29) is 0 Å². The zero-order valence-corrected chi connectivity index (χ0v) is 8.60. The van der Waals surface area contributed by atoms with E-state index in [0.29, 0.717) is 0 Å². The standard InChI is InChI=1S/C11H19NO/c1-3-4-5-6-7-8-9-12-10-11-13-2/h6-7,12H,5,8-11H2,1-2H3. The molecule has 0 atom stereocenters. The first-order chi connectivity index (χ1) is 6.41. The van der Waals surface area contributed by atoms with Crippen molar-refractivity contribution in [3.05, 3.63) is 12.2 Å². The summed E-state index contributed by atoms with van der Waals surface area (Å²) in [5.74, 6) is 5.84. The van der Waals surface area contributed by atoms with Crippen molar-refractivity contribution in [2.75, 3.05) is 26.8 Å². The maximum Gasteiger partial charge on any atom is 0.0587 e. The summed E-state index contributed by atoms with van der Waals surface area (Å²) in [5.41, 5.74) is 0. The van der Waals surface area contributed by atoms with E-state index in [2.05, 4.69) is 29.3 Å². The van der Waals surface area contributed by atoms with Crippen LogP contribution < -0.4 is 5.32 Å². The fourth-order valence-electron chi connectivity index (χ4n) is 0.847. The van der Waals surface area contributed by atoms with Crippen LogP contribution in [0.3, 0.4) is 0 Å². The summed E-state index contributed by atoms with van der Waals surface area (Å²) in [6.07, 6.45) is 6.20. The Bertz CT molecular complexity index is 176. The molecule has 0 aliphatic carbocycles. The van der Waals surface area contributed by atoms with E-state index >= 15 is 0 Å². The minimum Gasteiger partial charge on any atom is -0.383 e. The number of allylic oxidation sites excluding steroid dienone is 1. The summed E-state index contributed by atoms with van der Waals surface area (Å²) in [4.78, 5) is 0. The molecule has 1 N–H and O–H groups in total. The van der Waals surface area contributed by atoms with Gasteiger partial charge in [-0.3, -0.25) is 0 Å². The van der Waals surface area contributed by atoms with Gasteiger partial charge in [0.25, 0.3) is 0 Å². The Kier molecular flexibility index (Phi) is 10.5. The van der Waals surface area contributed by atoms with E-state index in [0.717, 1.165) is 32.5 Å². The molecule has 0 unspecified atom stereocenters. The largest absolute Gasteiger partial charge is 0.383 e. The van der Waals surface area contributed by atoms with Crippen molar-refractivity contribution in [1.29, 1.82) is 0 Å². The van der Waals surface area contributed by atoms with Crippen LogP contribution in [-0.2, 0) is 4.74 Å². The minimum absolute atomic E-state index is 0.783. The van der Waals surface area contributed by atoms with Crippen LogP contribution in [0.1, 0.15) is 19.8 Å².